The second kappa shape index (κ2) is 8.28. The first-order valence-corrected chi connectivity index (χ1v) is 6.94. The maximum absolute atomic E-state index is 5.67. The quantitative estimate of drug-likeness (QED) is 0.711. The monoisotopic (exact) mass is 249 g/mol. The van der Waals surface area contributed by atoms with Crippen LogP contribution in [0.15, 0.2) is 24.3 Å². The topological polar surface area (TPSA) is 21.3 Å². The summed E-state index contributed by atoms with van der Waals surface area (Å²) in [6.07, 6.45) is 1.14. The van der Waals surface area contributed by atoms with Crippen molar-refractivity contribution in [1.29, 1.82) is 0 Å². The highest BCUT2D eigenvalue weighted by atomic mass is 16.5. The van der Waals surface area contributed by atoms with Crippen molar-refractivity contribution in [2.45, 2.75) is 39.7 Å². The van der Waals surface area contributed by atoms with E-state index < -0.39 is 0 Å². The highest BCUT2D eigenvalue weighted by Crippen LogP contribution is 2.15. The Bertz CT molecular complexity index is 318. The van der Waals surface area contributed by atoms with Crippen molar-refractivity contribution in [2.75, 3.05) is 20.2 Å². The zero-order valence-electron chi connectivity index (χ0n) is 12.2. The molecule has 0 bridgehead atoms. The van der Waals surface area contributed by atoms with Gasteiger partial charge in [-0.05, 0) is 36.4 Å². The van der Waals surface area contributed by atoms with Gasteiger partial charge in [0.1, 0.15) is 0 Å². The zero-order chi connectivity index (χ0) is 13.4. The largest absolute Gasteiger partial charge is 0.377 e. The Balaban J connectivity index is 2.36. The SMILES string of the molecule is CNCC(C)c1ccc(COCCC(C)C)cc1. The zero-order valence-corrected chi connectivity index (χ0v) is 12.2. The van der Waals surface area contributed by atoms with Gasteiger partial charge in [-0.1, -0.05) is 45.0 Å². The summed E-state index contributed by atoms with van der Waals surface area (Å²) in [5.41, 5.74) is 2.65. The van der Waals surface area contributed by atoms with Crippen molar-refractivity contribution >= 4 is 0 Å². The second-order valence-electron chi connectivity index (χ2n) is 5.44. The van der Waals surface area contributed by atoms with Gasteiger partial charge >= 0.3 is 0 Å². The van der Waals surface area contributed by atoms with Crippen molar-refractivity contribution in [3.63, 3.8) is 0 Å². The van der Waals surface area contributed by atoms with E-state index >= 15 is 0 Å². The molecule has 0 aliphatic heterocycles. The molecule has 102 valence electrons. The Kier molecular flexibility index (Phi) is 6.99. The Morgan fingerprint density at radius 2 is 1.78 bits per heavy atom. The van der Waals surface area contributed by atoms with Crippen LogP contribution in [0.1, 0.15) is 44.2 Å². The van der Waals surface area contributed by atoms with Gasteiger partial charge in [0.15, 0.2) is 0 Å². The van der Waals surface area contributed by atoms with Crippen molar-refractivity contribution in [3.8, 4) is 0 Å². The molecule has 0 aliphatic rings. The van der Waals surface area contributed by atoms with E-state index in [1.807, 2.05) is 7.05 Å². The van der Waals surface area contributed by atoms with E-state index in [0.717, 1.165) is 32.1 Å². The summed E-state index contributed by atoms with van der Waals surface area (Å²) >= 11 is 0. The number of rotatable bonds is 8. The van der Waals surface area contributed by atoms with Gasteiger partial charge in [-0.3, -0.25) is 0 Å². The van der Waals surface area contributed by atoms with Crippen LogP contribution in [0.3, 0.4) is 0 Å². The Labute approximate surface area is 112 Å². The number of ether oxygens (including phenoxy) is 1. The second-order valence-corrected chi connectivity index (χ2v) is 5.44. The van der Waals surface area contributed by atoms with Crippen LogP contribution in [0.25, 0.3) is 0 Å². The summed E-state index contributed by atoms with van der Waals surface area (Å²) in [7, 11) is 1.99. The van der Waals surface area contributed by atoms with E-state index in [2.05, 4.69) is 50.4 Å². The molecule has 1 N–H and O–H groups in total. The maximum atomic E-state index is 5.67. The number of benzene rings is 1. The molecule has 0 amide bonds. The lowest BCUT2D eigenvalue weighted by Gasteiger charge is -2.12. The first kappa shape index (κ1) is 15.2. The molecule has 0 aliphatic carbocycles. The summed E-state index contributed by atoms with van der Waals surface area (Å²) in [5, 5.41) is 3.21. The number of hydrogen-bond acceptors (Lipinski definition) is 2. The summed E-state index contributed by atoms with van der Waals surface area (Å²) in [5.74, 6) is 1.28. The van der Waals surface area contributed by atoms with Crippen molar-refractivity contribution in [1.82, 2.24) is 5.32 Å². The maximum Gasteiger partial charge on any atom is 0.0716 e. The molecule has 1 aromatic carbocycles. The van der Waals surface area contributed by atoms with E-state index in [0.29, 0.717) is 5.92 Å². The minimum absolute atomic E-state index is 0.561. The molecule has 0 radical (unpaired) electrons. The molecule has 0 saturated heterocycles. The lowest BCUT2D eigenvalue weighted by Crippen LogP contribution is -2.14. The van der Waals surface area contributed by atoms with Crippen LogP contribution in [0.4, 0.5) is 0 Å². The fourth-order valence-corrected chi connectivity index (χ4v) is 1.88. The van der Waals surface area contributed by atoms with Crippen molar-refractivity contribution in [2.24, 2.45) is 5.92 Å². The first-order chi connectivity index (χ1) is 8.63. The fraction of sp³-hybridized carbons (Fsp3) is 0.625. The van der Waals surface area contributed by atoms with Crippen LogP contribution in [-0.4, -0.2) is 20.2 Å². The van der Waals surface area contributed by atoms with E-state index in [1.54, 1.807) is 0 Å². The number of likely N-dealkylation sites (N-methyl/N-ethyl adjacent to an activating group) is 1. The van der Waals surface area contributed by atoms with Gasteiger partial charge in [-0.2, -0.15) is 0 Å². The molecule has 1 atom stereocenters. The van der Waals surface area contributed by atoms with Crippen LogP contribution in [0.2, 0.25) is 0 Å². The predicted molar refractivity (Wildman–Crippen MR) is 77.9 cm³/mol. The van der Waals surface area contributed by atoms with Gasteiger partial charge in [0.05, 0.1) is 6.61 Å². The molecular formula is C16H27NO. The van der Waals surface area contributed by atoms with Crippen LogP contribution in [-0.2, 0) is 11.3 Å². The molecule has 0 spiro atoms. The summed E-state index contributed by atoms with van der Waals surface area (Å²) in [4.78, 5) is 0. The molecule has 0 fully saturated rings. The highest BCUT2D eigenvalue weighted by Gasteiger charge is 2.04. The van der Waals surface area contributed by atoms with Gasteiger partial charge in [0.2, 0.25) is 0 Å². The van der Waals surface area contributed by atoms with Gasteiger partial charge in [-0.25, -0.2) is 0 Å². The summed E-state index contributed by atoms with van der Waals surface area (Å²) in [6.45, 7) is 9.29. The fourth-order valence-electron chi connectivity index (χ4n) is 1.88. The van der Waals surface area contributed by atoms with Gasteiger partial charge in [0.25, 0.3) is 0 Å². The molecule has 18 heavy (non-hydrogen) atoms. The molecule has 2 nitrogen and oxygen atoms in total. The third-order valence-corrected chi connectivity index (χ3v) is 3.17. The molecule has 2 heteroatoms. The smallest absolute Gasteiger partial charge is 0.0716 e. The van der Waals surface area contributed by atoms with E-state index in [-0.39, 0.29) is 0 Å². The normalized spacial score (nSPS) is 12.9. The molecule has 1 rings (SSSR count). The van der Waals surface area contributed by atoms with E-state index in [9.17, 15) is 0 Å². The lowest BCUT2D eigenvalue weighted by molar-refractivity contribution is 0.110. The van der Waals surface area contributed by atoms with E-state index in [4.69, 9.17) is 4.74 Å². The number of nitrogens with one attached hydrogen (secondary N) is 1. The lowest BCUT2D eigenvalue weighted by atomic mass is 10.00. The molecular weight excluding hydrogens is 222 g/mol. The molecule has 0 saturated carbocycles. The molecule has 0 aromatic heterocycles. The summed E-state index contributed by atoms with van der Waals surface area (Å²) in [6, 6.07) is 8.78. The first-order valence-electron chi connectivity index (χ1n) is 6.94. The van der Waals surface area contributed by atoms with Gasteiger partial charge < -0.3 is 10.1 Å². The minimum atomic E-state index is 0.561. The van der Waals surface area contributed by atoms with Crippen LogP contribution in [0, 0.1) is 5.92 Å². The van der Waals surface area contributed by atoms with Gasteiger partial charge in [0, 0.05) is 13.2 Å². The highest BCUT2D eigenvalue weighted by molar-refractivity contribution is 5.24. The van der Waals surface area contributed by atoms with Crippen molar-refractivity contribution in [3.05, 3.63) is 35.4 Å². The molecule has 1 aromatic rings. The Morgan fingerprint density at radius 3 is 2.33 bits per heavy atom. The molecule has 1 unspecified atom stereocenters. The van der Waals surface area contributed by atoms with E-state index in [1.165, 1.54) is 11.1 Å². The third kappa shape index (κ3) is 5.65. The van der Waals surface area contributed by atoms with Crippen LogP contribution in [0.5, 0.6) is 0 Å². The Morgan fingerprint density at radius 1 is 1.11 bits per heavy atom. The van der Waals surface area contributed by atoms with Crippen LogP contribution >= 0.6 is 0 Å². The van der Waals surface area contributed by atoms with Crippen molar-refractivity contribution < 1.29 is 4.74 Å². The van der Waals surface area contributed by atoms with Gasteiger partial charge in [-0.15, -0.1) is 0 Å². The average molecular weight is 249 g/mol. The standard InChI is InChI=1S/C16H27NO/c1-13(2)9-10-18-12-15-5-7-16(8-6-15)14(3)11-17-4/h5-8,13-14,17H,9-12H2,1-4H3. The number of hydrogen-bond donors (Lipinski definition) is 1. The summed E-state index contributed by atoms with van der Waals surface area (Å²) < 4.78 is 5.67. The van der Waals surface area contributed by atoms with Crippen LogP contribution < -0.4 is 5.32 Å². The molecule has 0 heterocycles. The Hall–Kier alpha value is -0.860. The predicted octanol–water partition coefficient (Wildman–Crippen LogP) is 3.57. The average Bonchev–Trinajstić information content (AvgIpc) is 2.35. The minimum Gasteiger partial charge on any atom is -0.377 e. The third-order valence-electron chi connectivity index (χ3n) is 3.17.